The van der Waals surface area contributed by atoms with E-state index in [-0.39, 0.29) is 11.7 Å². The molecule has 0 N–H and O–H groups in total. The van der Waals surface area contributed by atoms with Crippen molar-refractivity contribution < 1.29 is 22.7 Å². The van der Waals surface area contributed by atoms with E-state index in [0.717, 1.165) is 10.5 Å². The lowest BCUT2D eigenvalue weighted by Gasteiger charge is -2.27. The van der Waals surface area contributed by atoms with Crippen molar-refractivity contribution in [2.45, 2.75) is 17.8 Å². The molecule has 4 rings (SSSR count). The van der Waals surface area contributed by atoms with Crippen LogP contribution in [0.25, 0.3) is 11.1 Å². The molecular weight excluding hydrogens is 403 g/mol. The summed E-state index contributed by atoms with van der Waals surface area (Å²) in [6.07, 6.45) is -1.48. The molecule has 29 heavy (non-hydrogen) atoms. The zero-order chi connectivity index (χ0) is 20.4. The van der Waals surface area contributed by atoms with E-state index in [4.69, 9.17) is 0 Å². The van der Waals surface area contributed by atoms with E-state index in [1.807, 2.05) is 12.1 Å². The minimum absolute atomic E-state index is 0.134. The van der Waals surface area contributed by atoms with Crippen LogP contribution < -0.4 is 4.74 Å². The van der Waals surface area contributed by atoms with E-state index < -0.39 is 6.36 Å². The second-order valence-corrected chi connectivity index (χ2v) is 7.21. The summed E-state index contributed by atoms with van der Waals surface area (Å²) in [5.41, 5.74) is 1.96. The lowest BCUT2D eigenvalue weighted by atomic mass is 10.0. The van der Waals surface area contributed by atoms with Crippen LogP contribution in [0, 0.1) is 0 Å². The fraction of sp³-hybridized carbons (Fsp3) is 0.150. The molecule has 0 spiro atoms. The van der Waals surface area contributed by atoms with E-state index in [1.165, 1.54) is 36.0 Å². The lowest BCUT2D eigenvalue weighted by Crippen LogP contribution is -2.34. The number of amides is 1. The van der Waals surface area contributed by atoms with Gasteiger partial charge in [-0.1, -0.05) is 18.2 Å². The van der Waals surface area contributed by atoms with Crippen molar-refractivity contribution in [1.29, 1.82) is 0 Å². The Morgan fingerprint density at radius 1 is 1.03 bits per heavy atom. The average molecular weight is 417 g/mol. The van der Waals surface area contributed by atoms with E-state index in [9.17, 15) is 18.0 Å². The van der Waals surface area contributed by atoms with Crippen LogP contribution in [0.1, 0.15) is 16.2 Å². The third-order valence-corrected chi connectivity index (χ3v) is 5.35. The van der Waals surface area contributed by atoms with Gasteiger partial charge in [0.05, 0.1) is 18.0 Å². The smallest absolute Gasteiger partial charge is 0.406 e. The zero-order valence-electron chi connectivity index (χ0n) is 14.9. The van der Waals surface area contributed by atoms with Gasteiger partial charge in [0.25, 0.3) is 5.91 Å². The Morgan fingerprint density at radius 3 is 2.41 bits per heavy atom. The maximum Gasteiger partial charge on any atom is 0.573 e. The molecule has 0 fully saturated rings. The predicted octanol–water partition coefficient (Wildman–Crippen LogP) is 4.75. The molecule has 5 nitrogen and oxygen atoms in total. The number of hydrogen-bond acceptors (Lipinski definition) is 5. The molecule has 0 atom stereocenters. The molecular formula is C20H14F3N3O2S. The maximum atomic E-state index is 12.9. The number of fused-ring (bicyclic) bond motifs is 1. The molecule has 9 heteroatoms. The Balaban J connectivity index is 1.56. The molecule has 0 saturated carbocycles. The summed E-state index contributed by atoms with van der Waals surface area (Å²) in [7, 11) is 0. The van der Waals surface area contributed by atoms with Crippen LogP contribution in [0.15, 0.2) is 65.8 Å². The number of ether oxygens (including phenoxy) is 1. The number of aromatic nitrogens is 2. The SMILES string of the molecule is O=C1c2cc(-c3ccc(OC(F)(F)F)cc3)ccc2SCN1Cc1ncccn1. The minimum Gasteiger partial charge on any atom is -0.406 e. The Labute approximate surface area is 168 Å². The first-order valence-electron chi connectivity index (χ1n) is 8.57. The molecule has 2 aromatic carbocycles. The Bertz CT molecular complexity index is 1030. The fourth-order valence-corrected chi connectivity index (χ4v) is 3.90. The summed E-state index contributed by atoms with van der Waals surface area (Å²) < 4.78 is 40.8. The van der Waals surface area contributed by atoms with Crippen molar-refractivity contribution >= 4 is 17.7 Å². The monoisotopic (exact) mass is 417 g/mol. The van der Waals surface area contributed by atoms with Gasteiger partial charge in [0.1, 0.15) is 11.6 Å². The second kappa shape index (κ2) is 7.75. The molecule has 3 aromatic rings. The van der Waals surface area contributed by atoms with Crippen molar-refractivity contribution in [2.75, 3.05) is 5.88 Å². The first-order chi connectivity index (χ1) is 13.9. The summed E-state index contributed by atoms with van der Waals surface area (Å²) in [5.74, 6) is 0.624. The number of carbonyl (C=O) groups is 1. The van der Waals surface area contributed by atoms with Crippen LogP contribution in [-0.4, -0.2) is 33.0 Å². The van der Waals surface area contributed by atoms with Crippen molar-refractivity contribution in [3.63, 3.8) is 0 Å². The Kier molecular flexibility index (Phi) is 5.14. The fourth-order valence-electron chi connectivity index (χ4n) is 2.93. The minimum atomic E-state index is -4.73. The molecule has 0 saturated heterocycles. The molecule has 0 bridgehead atoms. The number of thioether (sulfide) groups is 1. The molecule has 1 aliphatic heterocycles. The van der Waals surface area contributed by atoms with Gasteiger partial charge in [-0.3, -0.25) is 4.79 Å². The van der Waals surface area contributed by atoms with E-state index >= 15 is 0 Å². The number of rotatable bonds is 4. The Hall–Kier alpha value is -3.07. The van der Waals surface area contributed by atoms with Gasteiger partial charge in [-0.05, 0) is 41.5 Å². The molecule has 148 valence electrons. The summed E-state index contributed by atoms with van der Waals surface area (Å²) in [5, 5.41) is 0. The van der Waals surface area contributed by atoms with E-state index in [1.54, 1.807) is 29.4 Å². The van der Waals surface area contributed by atoms with Crippen molar-refractivity contribution in [2.24, 2.45) is 0 Å². The topological polar surface area (TPSA) is 55.3 Å². The average Bonchev–Trinajstić information content (AvgIpc) is 2.70. The van der Waals surface area contributed by atoms with Crippen molar-refractivity contribution in [1.82, 2.24) is 14.9 Å². The number of nitrogens with zero attached hydrogens (tertiary/aromatic N) is 3. The van der Waals surface area contributed by atoms with Gasteiger partial charge in [-0.15, -0.1) is 24.9 Å². The molecule has 1 aromatic heterocycles. The van der Waals surface area contributed by atoms with Crippen LogP contribution in [0.3, 0.4) is 0 Å². The largest absolute Gasteiger partial charge is 0.573 e. The van der Waals surface area contributed by atoms with Crippen LogP contribution in [0.4, 0.5) is 13.2 Å². The molecule has 0 unspecified atom stereocenters. The van der Waals surface area contributed by atoms with Gasteiger partial charge in [0.15, 0.2) is 0 Å². The van der Waals surface area contributed by atoms with Crippen molar-refractivity contribution in [3.05, 3.63) is 72.3 Å². The highest BCUT2D eigenvalue weighted by Crippen LogP contribution is 2.34. The van der Waals surface area contributed by atoms with Gasteiger partial charge in [-0.2, -0.15) is 0 Å². The lowest BCUT2D eigenvalue weighted by molar-refractivity contribution is -0.274. The normalized spacial score (nSPS) is 13.9. The third kappa shape index (κ3) is 4.51. The van der Waals surface area contributed by atoms with Gasteiger partial charge in [0.2, 0.25) is 0 Å². The molecule has 0 aliphatic carbocycles. The number of carbonyl (C=O) groups excluding carboxylic acids is 1. The van der Waals surface area contributed by atoms with Gasteiger partial charge in [0, 0.05) is 17.3 Å². The van der Waals surface area contributed by atoms with Crippen LogP contribution in [0.5, 0.6) is 5.75 Å². The number of halogens is 3. The predicted molar refractivity (Wildman–Crippen MR) is 101 cm³/mol. The summed E-state index contributed by atoms with van der Waals surface area (Å²) in [4.78, 5) is 23.8. The molecule has 1 aliphatic rings. The highest BCUT2D eigenvalue weighted by Gasteiger charge is 2.31. The summed E-state index contributed by atoms with van der Waals surface area (Å²) in [6.45, 7) is 0.305. The quantitative estimate of drug-likeness (QED) is 0.613. The van der Waals surface area contributed by atoms with Gasteiger partial charge < -0.3 is 9.64 Å². The van der Waals surface area contributed by atoms with Gasteiger partial charge in [-0.25, -0.2) is 9.97 Å². The zero-order valence-corrected chi connectivity index (χ0v) is 15.7. The van der Waals surface area contributed by atoms with E-state index in [0.29, 0.717) is 29.4 Å². The standard InChI is InChI=1S/C20H14F3N3O2S/c21-20(22,23)28-15-5-2-13(3-6-15)14-4-7-17-16(10-14)19(27)26(12-29-17)11-18-24-8-1-9-25-18/h1-10H,11-12H2. The van der Waals surface area contributed by atoms with Crippen molar-refractivity contribution in [3.8, 4) is 16.9 Å². The van der Waals surface area contributed by atoms with E-state index in [2.05, 4.69) is 14.7 Å². The summed E-state index contributed by atoms with van der Waals surface area (Å²) >= 11 is 1.54. The Morgan fingerprint density at radius 2 is 1.72 bits per heavy atom. The highest BCUT2D eigenvalue weighted by molar-refractivity contribution is 7.99. The first-order valence-corrected chi connectivity index (χ1v) is 9.56. The first kappa shape index (κ1) is 19.3. The highest BCUT2D eigenvalue weighted by atomic mass is 32.2. The van der Waals surface area contributed by atoms with Gasteiger partial charge >= 0.3 is 6.36 Å². The number of alkyl halides is 3. The maximum absolute atomic E-state index is 12.9. The molecule has 2 heterocycles. The second-order valence-electron chi connectivity index (χ2n) is 6.22. The third-order valence-electron chi connectivity index (χ3n) is 4.25. The summed E-state index contributed by atoms with van der Waals surface area (Å²) in [6, 6.07) is 12.7. The van der Waals surface area contributed by atoms with Crippen LogP contribution in [-0.2, 0) is 6.54 Å². The molecule has 0 radical (unpaired) electrons. The number of benzene rings is 2. The van der Waals surface area contributed by atoms with Crippen LogP contribution in [0.2, 0.25) is 0 Å². The van der Waals surface area contributed by atoms with Crippen LogP contribution >= 0.6 is 11.8 Å². The molecule has 1 amide bonds. The number of hydrogen-bond donors (Lipinski definition) is 0.